The lowest BCUT2D eigenvalue weighted by Gasteiger charge is -2.17. The Morgan fingerprint density at radius 2 is 1.61 bits per heavy atom. The fourth-order valence-corrected chi connectivity index (χ4v) is 3.83. The zero-order valence-electron chi connectivity index (χ0n) is 17.0. The lowest BCUT2D eigenvalue weighted by molar-refractivity contribution is -0.137. The monoisotopic (exact) mass is 450 g/mol. The minimum absolute atomic E-state index is 0.325. The van der Waals surface area contributed by atoms with Crippen molar-refractivity contribution in [1.82, 2.24) is 5.32 Å². The number of carbonyl (C=O) groups is 1. The van der Waals surface area contributed by atoms with Crippen LogP contribution in [0.4, 0.5) is 18.9 Å². The smallest absolute Gasteiger partial charge is 0.346 e. The van der Waals surface area contributed by atoms with E-state index in [9.17, 15) is 26.4 Å². The molecule has 0 saturated heterocycles. The first-order valence-electron chi connectivity index (χ1n) is 9.34. The molecule has 0 aliphatic rings. The van der Waals surface area contributed by atoms with Crippen LogP contribution in [0.2, 0.25) is 0 Å². The summed E-state index contributed by atoms with van der Waals surface area (Å²) in [6.07, 6.45) is -3.36. The zero-order chi connectivity index (χ0) is 23.0. The maximum atomic E-state index is 12.9. The largest absolute Gasteiger partial charge is 0.416 e. The summed E-state index contributed by atoms with van der Waals surface area (Å²) in [4.78, 5) is 12.7. The van der Waals surface area contributed by atoms with E-state index in [1.807, 2.05) is 0 Å². The van der Waals surface area contributed by atoms with Crippen LogP contribution in [0.15, 0.2) is 54.6 Å². The van der Waals surface area contributed by atoms with Crippen molar-refractivity contribution in [3.63, 3.8) is 0 Å². The summed E-state index contributed by atoms with van der Waals surface area (Å²) in [5, 5.41) is 3.77. The third kappa shape index (κ3) is 5.55. The first kappa shape index (κ1) is 22.6. The van der Waals surface area contributed by atoms with Crippen molar-refractivity contribution in [3.8, 4) is 0 Å². The molecule has 3 aromatic carbocycles. The quantitative estimate of drug-likeness (QED) is 0.573. The van der Waals surface area contributed by atoms with Crippen LogP contribution in [0.25, 0.3) is 10.8 Å². The van der Waals surface area contributed by atoms with E-state index in [-0.39, 0.29) is 11.9 Å². The van der Waals surface area contributed by atoms with Gasteiger partial charge in [-0.2, -0.15) is 13.2 Å². The summed E-state index contributed by atoms with van der Waals surface area (Å²) in [7, 11) is -3.40. The van der Waals surface area contributed by atoms with E-state index in [1.54, 1.807) is 38.1 Å². The Morgan fingerprint density at radius 1 is 0.968 bits per heavy atom. The van der Waals surface area contributed by atoms with Crippen molar-refractivity contribution in [2.24, 2.45) is 0 Å². The molecule has 1 amide bonds. The van der Waals surface area contributed by atoms with Gasteiger partial charge in [0.1, 0.15) is 0 Å². The molecule has 31 heavy (non-hydrogen) atoms. The molecule has 0 aromatic heterocycles. The number of aryl methyl sites for hydroxylation is 1. The van der Waals surface area contributed by atoms with Crippen LogP contribution in [0, 0.1) is 6.92 Å². The molecule has 0 radical (unpaired) electrons. The number of hydrogen-bond acceptors (Lipinski definition) is 3. The number of alkyl halides is 3. The molecule has 0 aliphatic carbocycles. The van der Waals surface area contributed by atoms with Gasteiger partial charge in [0.25, 0.3) is 5.91 Å². The average Bonchev–Trinajstić information content (AvgIpc) is 2.66. The average molecular weight is 450 g/mol. The van der Waals surface area contributed by atoms with Gasteiger partial charge >= 0.3 is 6.18 Å². The van der Waals surface area contributed by atoms with Crippen LogP contribution in [0.5, 0.6) is 0 Å². The molecule has 3 rings (SSSR count). The fourth-order valence-electron chi connectivity index (χ4n) is 3.20. The molecule has 5 nitrogen and oxygen atoms in total. The van der Waals surface area contributed by atoms with Gasteiger partial charge in [-0.3, -0.25) is 9.52 Å². The molecule has 2 N–H and O–H groups in total. The second-order valence-corrected chi connectivity index (χ2v) is 9.17. The zero-order valence-corrected chi connectivity index (χ0v) is 17.9. The summed E-state index contributed by atoms with van der Waals surface area (Å²) in [6.45, 7) is 3.54. The molecule has 0 heterocycles. The van der Waals surface area contributed by atoms with Crippen LogP contribution in [0.3, 0.4) is 0 Å². The van der Waals surface area contributed by atoms with E-state index in [1.165, 1.54) is 18.2 Å². The number of amides is 1. The van der Waals surface area contributed by atoms with Gasteiger partial charge in [0.2, 0.25) is 10.0 Å². The highest BCUT2D eigenvalue weighted by Crippen LogP contribution is 2.31. The summed E-state index contributed by atoms with van der Waals surface area (Å²) in [5.41, 5.74) is 1.52. The van der Waals surface area contributed by atoms with Crippen molar-refractivity contribution < 1.29 is 26.4 Å². The Bertz CT molecular complexity index is 1250. The molecule has 0 bridgehead atoms. The topological polar surface area (TPSA) is 75.3 Å². The minimum Gasteiger partial charge on any atom is -0.346 e. The lowest BCUT2D eigenvalue weighted by Crippen LogP contribution is -2.26. The Hall–Kier alpha value is -3.07. The van der Waals surface area contributed by atoms with Crippen LogP contribution >= 0.6 is 0 Å². The Balaban J connectivity index is 1.77. The maximum Gasteiger partial charge on any atom is 0.416 e. The van der Waals surface area contributed by atoms with Crippen molar-refractivity contribution in [2.45, 2.75) is 26.1 Å². The van der Waals surface area contributed by atoms with Gasteiger partial charge in [-0.25, -0.2) is 8.42 Å². The molecule has 1 atom stereocenters. The summed E-state index contributed by atoms with van der Waals surface area (Å²) in [6, 6.07) is 12.6. The second-order valence-electron chi connectivity index (χ2n) is 7.42. The molecule has 0 saturated carbocycles. The van der Waals surface area contributed by atoms with Gasteiger partial charge in [0, 0.05) is 5.56 Å². The summed E-state index contributed by atoms with van der Waals surface area (Å²) >= 11 is 0. The predicted molar refractivity (Wildman–Crippen MR) is 114 cm³/mol. The maximum absolute atomic E-state index is 12.9. The first-order valence-corrected chi connectivity index (χ1v) is 11.2. The predicted octanol–water partition coefficient (Wildman–Crippen LogP) is 5.03. The van der Waals surface area contributed by atoms with Crippen LogP contribution in [-0.4, -0.2) is 20.6 Å². The van der Waals surface area contributed by atoms with E-state index >= 15 is 0 Å². The van der Waals surface area contributed by atoms with Crippen LogP contribution in [0.1, 0.15) is 40.0 Å². The number of carbonyl (C=O) groups excluding carboxylic acids is 1. The van der Waals surface area contributed by atoms with E-state index in [2.05, 4.69) is 10.0 Å². The third-order valence-corrected chi connectivity index (χ3v) is 5.41. The molecule has 164 valence electrons. The Kier molecular flexibility index (Phi) is 6.00. The van der Waals surface area contributed by atoms with Crippen molar-refractivity contribution >= 4 is 32.4 Å². The van der Waals surface area contributed by atoms with E-state index in [4.69, 9.17) is 0 Å². The molecule has 0 spiro atoms. The number of halogens is 3. The third-order valence-electron chi connectivity index (χ3n) is 4.82. The molecular weight excluding hydrogens is 429 g/mol. The lowest BCUT2D eigenvalue weighted by atomic mass is 10.0. The van der Waals surface area contributed by atoms with Gasteiger partial charge in [-0.1, -0.05) is 24.3 Å². The summed E-state index contributed by atoms with van der Waals surface area (Å²) < 4.78 is 63.8. The SMILES string of the molecule is Cc1cc(C(C)NC(=O)c2ccc3cc(C(F)(F)F)ccc3c2)ccc1NS(C)(=O)=O. The minimum atomic E-state index is -4.43. The molecular formula is C22H21F3N2O3S. The van der Waals surface area contributed by atoms with E-state index < -0.39 is 21.8 Å². The van der Waals surface area contributed by atoms with Crippen LogP contribution in [-0.2, 0) is 16.2 Å². The summed E-state index contributed by atoms with van der Waals surface area (Å²) in [5.74, 6) is -0.370. The molecule has 3 aromatic rings. The van der Waals surface area contributed by atoms with Gasteiger partial charge < -0.3 is 5.32 Å². The number of sulfonamides is 1. The molecule has 0 aliphatic heterocycles. The number of hydrogen-bond donors (Lipinski definition) is 2. The normalized spacial score (nSPS) is 13.1. The standard InChI is InChI=1S/C22H21F3N2O3S/c1-13-10-15(7-9-20(13)27-31(3,29)30)14(2)26-21(28)18-5-4-17-12-19(22(23,24)25)8-6-16(17)11-18/h4-12,14,27H,1-3H3,(H,26,28). The van der Waals surface area contributed by atoms with Gasteiger partial charge in [0.15, 0.2) is 0 Å². The van der Waals surface area contributed by atoms with E-state index in [0.29, 0.717) is 27.6 Å². The number of fused-ring (bicyclic) bond motifs is 1. The highest BCUT2D eigenvalue weighted by Gasteiger charge is 2.30. The Morgan fingerprint density at radius 3 is 2.23 bits per heavy atom. The first-order chi connectivity index (χ1) is 14.3. The van der Waals surface area contributed by atoms with E-state index in [0.717, 1.165) is 24.0 Å². The van der Waals surface area contributed by atoms with Gasteiger partial charge in [-0.15, -0.1) is 0 Å². The second kappa shape index (κ2) is 8.22. The number of nitrogens with one attached hydrogen (secondary N) is 2. The van der Waals surface area contributed by atoms with Crippen molar-refractivity contribution in [3.05, 3.63) is 76.9 Å². The molecule has 1 unspecified atom stereocenters. The van der Waals surface area contributed by atoms with Gasteiger partial charge in [-0.05, 0) is 66.1 Å². The Labute approximate surface area is 178 Å². The highest BCUT2D eigenvalue weighted by atomic mass is 32.2. The van der Waals surface area contributed by atoms with Gasteiger partial charge in [0.05, 0.1) is 23.5 Å². The van der Waals surface area contributed by atoms with Crippen LogP contribution < -0.4 is 10.0 Å². The van der Waals surface area contributed by atoms with Crippen molar-refractivity contribution in [1.29, 1.82) is 0 Å². The number of anilines is 1. The fraction of sp³-hybridized carbons (Fsp3) is 0.227. The number of rotatable bonds is 5. The molecule has 9 heteroatoms. The molecule has 0 fully saturated rings. The van der Waals surface area contributed by atoms with Crippen molar-refractivity contribution in [2.75, 3.05) is 11.0 Å². The number of benzene rings is 3. The highest BCUT2D eigenvalue weighted by molar-refractivity contribution is 7.92.